The average Bonchev–Trinajstić information content (AvgIpc) is 1.55. The van der Waals surface area contributed by atoms with Crippen LogP contribution in [-0.2, 0) is 0 Å². The molecule has 0 aromatic carbocycles. The molecule has 0 radical (unpaired) electrons. The van der Waals surface area contributed by atoms with E-state index in [4.69, 9.17) is 0 Å². The molecule has 0 fully saturated rings. The Hall–Kier alpha value is -0.780. The van der Waals surface area contributed by atoms with Gasteiger partial charge in [0.05, 0.1) is 0 Å². The Morgan fingerprint density at radius 2 is 2.43 bits per heavy atom. The molecule has 36 valence electrons. The molecule has 0 aliphatic heterocycles. The van der Waals surface area contributed by atoms with Crippen LogP contribution in [0.25, 0.3) is 0 Å². The molecule has 0 heterocycles. The third-order valence-corrected chi connectivity index (χ3v) is 1.02. The van der Waals surface area contributed by atoms with Crippen molar-refractivity contribution in [2.75, 3.05) is 0 Å². The van der Waals surface area contributed by atoms with Crippen molar-refractivity contribution in [1.82, 2.24) is 0 Å². The quantitative estimate of drug-likeness (QED) is 0.464. The average molecular weight is 92.1 g/mol. The van der Waals surface area contributed by atoms with Crippen LogP contribution < -0.4 is 0 Å². The van der Waals surface area contributed by atoms with E-state index in [0.717, 1.165) is 6.42 Å². The van der Waals surface area contributed by atoms with E-state index >= 15 is 0 Å². The number of allylic oxidation sites excluding steroid dienone is 5. The first kappa shape index (κ1) is 4.38. The van der Waals surface area contributed by atoms with Gasteiger partial charge in [0.1, 0.15) is 0 Å². The molecule has 0 bridgehead atoms. The van der Waals surface area contributed by atoms with Crippen molar-refractivity contribution in [2.24, 2.45) is 0 Å². The van der Waals surface area contributed by atoms with Crippen LogP contribution in [0.1, 0.15) is 6.42 Å². The maximum absolute atomic E-state index is 3.57. The highest BCUT2D eigenvalue weighted by Crippen LogP contribution is 2.13. The van der Waals surface area contributed by atoms with Gasteiger partial charge in [0.2, 0.25) is 0 Å². The molecule has 0 aromatic rings. The zero-order valence-corrected chi connectivity index (χ0v) is 4.22. The van der Waals surface area contributed by atoms with Crippen LogP contribution in [0.2, 0.25) is 0 Å². The summed E-state index contributed by atoms with van der Waals surface area (Å²) in [7, 11) is 0. The summed E-state index contributed by atoms with van der Waals surface area (Å²) in [6.07, 6.45) is 9.21. The first-order valence-electron chi connectivity index (χ1n) is 2.41. The second kappa shape index (κ2) is 1.78. The molecule has 1 aliphatic rings. The van der Waals surface area contributed by atoms with Gasteiger partial charge in [-0.15, -0.1) is 0 Å². The Balaban J connectivity index is 2.56. The highest BCUT2D eigenvalue weighted by Gasteiger charge is 1.93. The second-order valence-corrected chi connectivity index (χ2v) is 1.58. The third-order valence-electron chi connectivity index (χ3n) is 1.02. The van der Waals surface area contributed by atoms with Gasteiger partial charge < -0.3 is 0 Å². The lowest BCUT2D eigenvalue weighted by atomic mass is 10.0. The Kier molecular flexibility index (Phi) is 1.12. The van der Waals surface area contributed by atoms with Crippen LogP contribution in [-0.4, -0.2) is 0 Å². The second-order valence-electron chi connectivity index (χ2n) is 1.58. The lowest BCUT2D eigenvalue weighted by molar-refractivity contribution is 1.19. The van der Waals surface area contributed by atoms with Gasteiger partial charge >= 0.3 is 0 Å². The lowest BCUT2D eigenvalue weighted by Gasteiger charge is -2.02. The van der Waals surface area contributed by atoms with E-state index in [0.29, 0.717) is 0 Å². The molecular formula is C7H8. The highest BCUT2D eigenvalue weighted by atomic mass is 14.0. The third kappa shape index (κ3) is 0.801. The fraction of sp³-hybridized carbons (Fsp3) is 0.143. The summed E-state index contributed by atoms with van der Waals surface area (Å²) in [6, 6.07) is 0. The predicted octanol–water partition coefficient (Wildman–Crippen LogP) is 2.06. The van der Waals surface area contributed by atoms with Crippen LogP contribution in [0.15, 0.2) is 36.5 Å². The van der Waals surface area contributed by atoms with Gasteiger partial charge in [0.25, 0.3) is 0 Å². The fourth-order valence-corrected chi connectivity index (χ4v) is 0.529. The highest BCUT2D eigenvalue weighted by molar-refractivity contribution is 5.33. The summed E-state index contributed by atoms with van der Waals surface area (Å²) in [5.41, 5.74) is 1.38. The van der Waals surface area contributed by atoms with Crippen molar-refractivity contribution in [3.05, 3.63) is 36.5 Å². The molecular weight excluding hydrogens is 84.1 g/mol. The summed E-state index contributed by atoms with van der Waals surface area (Å²) in [6.45, 7) is 3.57. The smallest absolute Gasteiger partial charge is 0.00943 e. The molecule has 0 amide bonds. The Bertz CT molecular complexity index is 127. The van der Waals surface area contributed by atoms with E-state index in [-0.39, 0.29) is 0 Å². The SMILES string of the molecule is C=C/C=C1/C=CC1. The minimum absolute atomic E-state index is 1.13. The maximum atomic E-state index is 3.57. The fourth-order valence-electron chi connectivity index (χ4n) is 0.529. The molecule has 0 heteroatoms. The lowest BCUT2D eigenvalue weighted by Crippen LogP contribution is -1.82. The minimum Gasteiger partial charge on any atom is -0.0991 e. The van der Waals surface area contributed by atoms with E-state index in [2.05, 4.69) is 18.7 Å². The van der Waals surface area contributed by atoms with Crippen LogP contribution in [0.5, 0.6) is 0 Å². The zero-order valence-electron chi connectivity index (χ0n) is 4.22. The van der Waals surface area contributed by atoms with Gasteiger partial charge in [-0.25, -0.2) is 0 Å². The van der Waals surface area contributed by atoms with E-state index in [1.165, 1.54) is 5.57 Å². The molecule has 1 rings (SSSR count). The number of hydrogen-bond acceptors (Lipinski definition) is 0. The molecule has 0 atom stereocenters. The summed E-state index contributed by atoms with van der Waals surface area (Å²) in [5.74, 6) is 0. The molecule has 0 N–H and O–H groups in total. The van der Waals surface area contributed by atoms with Crippen molar-refractivity contribution in [3.63, 3.8) is 0 Å². The molecule has 7 heavy (non-hydrogen) atoms. The van der Waals surface area contributed by atoms with Crippen molar-refractivity contribution >= 4 is 0 Å². The number of rotatable bonds is 1. The Labute approximate surface area is 43.9 Å². The van der Waals surface area contributed by atoms with E-state index in [1.54, 1.807) is 0 Å². The Morgan fingerprint density at radius 3 is 2.57 bits per heavy atom. The van der Waals surface area contributed by atoms with Crippen LogP contribution >= 0.6 is 0 Å². The van der Waals surface area contributed by atoms with Gasteiger partial charge in [-0.3, -0.25) is 0 Å². The van der Waals surface area contributed by atoms with E-state index in [1.807, 2.05) is 12.2 Å². The first-order chi connectivity index (χ1) is 3.43. The van der Waals surface area contributed by atoms with Gasteiger partial charge in [0, 0.05) is 0 Å². The maximum Gasteiger partial charge on any atom is -0.00943 e. The monoisotopic (exact) mass is 92.1 g/mol. The summed E-state index contributed by atoms with van der Waals surface area (Å²) < 4.78 is 0. The molecule has 0 saturated heterocycles. The summed E-state index contributed by atoms with van der Waals surface area (Å²) in [4.78, 5) is 0. The predicted molar refractivity (Wildman–Crippen MR) is 32.0 cm³/mol. The zero-order chi connectivity index (χ0) is 5.11. The minimum atomic E-state index is 1.13. The van der Waals surface area contributed by atoms with Gasteiger partial charge in [0.15, 0.2) is 0 Å². The topological polar surface area (TPSA) is 0 Å². The summed E-state index contributed by atoms with van der Waals surface area (Å²) in [5, 5.41) is 0. The van der Waals surface area contributed by atoms with Crippen molar-refractivity contribution < 1.29 is 0 Å². The van der Waals surface area contributed by atoms with Gasteiger partial charge in [-0.2, -0.15) is 0 Å². The molecule has 0 nitrogen and oxygen atoms in total. The van der Waals surface area contributed by atoms with E-state index in [9.17, 15) is 0 Å². The standard InChI is InChI=1S/C7H8/c1-2-4-7-5-3-6-7/h2-5H,1,6H2/b7-4-. The van der Waals surface area contributed by atoms with E-state index < -0.39 is 0 Å². The number of hydrogen-bond donors (Lipinski definition) is 0. The van der Waals surface area contributed by atoms with Crippen molar-refractivity contribution in [2.45, 2.75) is 6.42 Å². The van der Waals surface area contributed by atoms with Crippen LogP contribution in [0.4, 0.5) is 0 Å². The molecule has 1 aliphatic carbocycles. The molecule has 0 aromatic heterocycles. The Morgan fingerprint density at radius 1 is 1.71 bits per heavy atom. The van der Waals surface area contributed by atoms with Gasteiger partial charge in [-0.05, 0) is 12.0 Å². The molecule has 0 spiro atoms. The molecule has 0 saturated carbocycles. The van der Waals surface area contributed by atoms with Gasteiger partial charge in [-0.1, -0.05) is 30.9 Å². The molecule has 0 unspecified atom stereocenters. The largest absolute Gasteiger partial charge is 0.0991 e. The normalized spacial score (nSPS) is 22.0. The van der Waals surface area contributed by atoms with Crippen molar-refractivity contribution in [3.8, 4) is 0 Å². The van der Waals surface area contributed by atoms with Crippen molar-refractivity contribution in [1.29, 1.82) is 0 Å². The first-order valence-corrected chi connectivity index (χ1v) is 2.41. The summed E-state index contributed by atoms with van der Waals surface area (Å²) >= 11 is 0. The van der Waals surface area contributed by atoms with Crippen LogP contribution in [0.3, 0.4) is 0 Å². The van der Waals surface area contributed by atoms with Crippen LogP contribution in [0, 0.1) is 0 Å².